The summed E-state index contributed by atoms with van der Waals surface area (Å²) < 4.78 is 71.5. The van der Waals surface area contributed by atoms with Crippen molar-refractivity contribution in [1.82, 2.24) is 19.9 Å². The minimum atomic E-state index is -4.74. The van der Waals surface area contributed by atoms with Crippen LogP contribution in [0.25, 0.3) is 16.9 Å². The van der Waals surface area contributed by atoms with Crippen LogP contribution in [0, 0.1) is 24.5 Å². The number of aliphatic hydroxyl groups excluding tert-OH is 1. The number of carbonyl (C=O) groups excluding carboxylic acids is 1. The lowest BCUT2D eigenvalue weighted by molar-refractivity contribution is -0.158. The number of anilines is 1. The summed E-state index contributed by atoms with van der Waals surface area (Å²) >= 11 is 0. The molecule has 1 aliphatic heterocycles. The van der Waals surface area contributed by atoms with Crippen LogP contribution in [0.2, 0.25) is 0 Å². The van der Waals surface area contributed by atoms with E-state index >= 15 is 4.39 Å². The fourth-order valence-corrected chi connectivity index (χ4v) is 4.51. The largest absolute Gasteiger partial charge is 0.408 e. The summed E-state index contributed by atoms with van der Waals surface area (Å²) in [4.78, 5) is 35.8. The van der Waals surface area contributed by atoms with Gasteiger partial charge in [-0.2, -0.15) is 13.2 Å². The van der Waals surface area contributed by atoms with Gasteiger partial charge in [0.25, 0.3) is 5.91 Å². The quantitative estimate of drug-likeness (QED) is 0.499. The van der Waals surface area contributed by atoms with E-state index in [0.717, 1.165) is 22.9 Å². The summed E-state index contributed by atoms with van der Waals surface area (Å²) in [5.41, 5.74) is -1.58. The summed E-state index contributed by atoms with van der Waals surface area (Å²) in [6.07, 6.45) is -2.36. The van der Waals surface area contributed by atoms with Gasteiger partial charge in [0.05, 0.1) is 11.5 Å². The Morgan fingerprint density at radius 1 is 1.16 bits per heavy atom. The smallest absolute Gasteiger partial charge is 0.391 e. The van der Waals surface area contributed by atoms with Crippen molar-refractivity contribution in [1.29, 1.82) is 0 Å². The maximum Gasteiger partial charge on any atom is 0.408 e. The van der Waals surface area contributed by atoms with Gasteiger partial charge in [-0.1, -0.05) is 0 Å². The first-order chi connectivity index (χ1) is 17.4. The van der Waals surface area contributed by atoms with Gasteiger partial charge in [-0.05, 0) is 49.8 Å². The van der Waals surface area contributed by atoms with E-state index in [-0.39, 0.29) is 43.2 Å². The molecule has 1 saturated heterocycles. The van der Waals surface area contributed by atoms with E-state index in [0.29, 0.717) is 12.0 Å². The van der Waals surface area contributed by atoms with E-state index in [2.05, 4.69) is 9.97 Å². The molecule has 1 aliphatic carbocycles. The Bertz CT molecular complexity index is 1450. The molecule has 5 rings (SSSR count). The topological polar surface area (TPSA) is 100 Å². The van der Waals surface area contributed by atoms with E-state index in [9.17, 15) is 32.3 Å². The standard InChI is InChI=1S/C24H22F5N5O3/c1-11-6-16(25)21(30-8-11)34-10-15(23(37)31-19(12-2-3-12)24(27,28)29)18(36)14-7-17(26)22(32-20(14)34)33-5-4-13(35)9-33/h6-8,10,12-13,19,35H,2-5,9H2,1H3,(H,31,37)/t13-,19-/m0/s1. The SMILES string of the molecule is Cc1cnc(-n2cc(C(=O)N[C@@H](C3CC3)C(F)(F)F)c(=O)c3cc(F)c(N4CC[C@H](O)C4)nc32)c(F)c1. The van der Waals surface area contributed by atoms with Crippen molar-refractivity contribution in [3.8, 4) is 5.82 Å². The number of halogens is 5. The van der Waals surface area contributed by atoms with Crippen LogP contribution in [0.3, 0.4) is 0 Å². The van der Waals surface area contributed by atoms with Gasteiger partial charge in [-0.3, -0.25) is 14.2 Å². The number of hydrogen-bond donors (Lipinski definition) is 2. The minimum absolute atomic E-state index is 0.0806. The molecule has 2 atom stereocenters. The lowest BCUT2D eigenvalue weighted by Crippen LogP contribution is -2.48. The molecule has 3 aromatic rings. The van der Waals surface area contributed by atoms with Gasteiger partial charge in [0.15, 0.2) is 28.9 Å². The van der Waals surface area contributed by atoms with Crippen LogP contribution in [-0.4, -0.2) is 57.0 Å². The van der Waals surface area contributed by atoms with E-state index < -0.39 is 58.2 Å². The van der Waals surface area contributed by atoms with E-state index in [4.69, 9.17) is 0 Å². The number of nitrogens with one attached hydrogen (secondary N) is 1. The molecule has 2 N–H and O–H groups in total. The number of amides is 1. The van der Waals surface area contributed by atoms with Crippen molar-refractivity contribution in [3.05, 3.63) is 57.5 Å². The molecule has 2 fully saturated rings. The number of carbonyl (C=O) groups is 1. The normalized spacial score (nSPS) is 18.9. The third-order valence-electron chi connectivity index (χ3n) is 6.54. The molecule has 0 aromatic carbocycles. The third-order valence-corrected chi connectivity index (χ3v) is 6.54. The van der Waals surface area contributed by atoms with Crippen LogP contribution < -0.4 is 15.6 Å². The number of aryl methyl sites for hydroxylation is 1. The van der Waals surface area contributed by atoms with Gasteiger partial charge in [0, 0.05) is 25.5 Å². The van der Waals surface area contributed by atoms with Crippen molar-refractivity contribution >= 4 is 22.8 Å². The first-order valence-electron chi connectivity index (χ1n) is 11.6. The molecule has 37 heavy (non-hydrogen) atoms. The monoisotopic (exact) mass is 523 g/mol. The van der Waals surface area contributed by atoms with Crippen LogP contribution in [0.1, 0.15) is 35.2 Å². The zero-order chi connectivity index (χ0) is 26.6. The van der Waals surface area contributed by atoms with Gasteiger partial charge >= 0.3 is 6.18 Å². The number of aromatic nitrogens is 3. The third kappa shape index (κ3) is 4.75. The molecule has 196 valence electrons. The predicted molar refractivity (Wildman–Crippen MR) is 123 cm³/mol. The van der Waals surface area contributed by atoms with Gasteiger partial charge in [-0.15, -0.1) is 0 Å². The molecule has 0 spiro atoms. The number of aliphatic hydroxyl groups is 1. The Morgan fingerprint density at radius 2 is 1.86 bits per heavy atom. The number of alkyl halides is 3. The van der Waals surface area contributed by atoms with E-state index in [1.165, 1.54) is 11.1 Å². The molecular weight excluding hydrogens is 501 g/mol. The Kier molecular flexibility index (Phi) is 6.13. The zero-order valence-electron chi connectivity index (χ0n) is 19.5. The average molecular weight is 523 g/mol. The zero-order valence-corrected chi connectivity index (χ0v) is 19.5. The minimum Gasteiger partial charge on any atom is -0.391 e. The Morgan fingerprint density at radius 3 is 2.46 bits per heavy atom. The second kappa shape index (κ2) is 9.05. The van der Waals surface area contributed by atoms with Crippen LogP contribution >= 0.6 is 0 Å². The second-order valence-corrected chi connectivity index (χ2v) is 9.44. The van der Waals surface area contributed by atoms with Gasteiger partial charge < -0.3 is 15.3 Å². The van der Waals surface area contributed by atoms with Crippen molar-refractivity contribution in [2.24, 2.45) is 5.92 Å². The van der Waals surface area contributed by atoms with Gasteiger partial charge in [-0.25, -0.2) is 18.7 Å². The second-order valence-electron chi connectivity index (χ2n) is 9.44. The highest BCUT2D eigenvalue weighted by atomic mass is 19.4. The summed E-state index contributed by atoms with van der Waals surface area (Å²) in [5, 5.41) is 11.3. The van der Waals surface area contributed by atoms with E-state index in [1.807, 2.05) is 5.32 Å². The fourth-order valence-electron chi connectivity index (χ4n) is 4.51. The molecule has 4 heterocycles. The van der Waals surface area contributed by atoms with Crippen molar-refractivity contribution in [2.45, 2.75) is 44.5 Å². The Hall–Kier alpha value is -3.61. The molecular formula is C24H22F5N5O3. The first-order valence-corrected chi connectivity index (χ1v) is 11.6. The van der Waals surface area contributed by atoms with Crippen LogP contribution in [-0.2, 0) is 0 Å². The number of β-amino-alcohol motifs (C(OH)–C–C–N with tert-alkyl or cyclic N) is 1. The lowest BCUT2D eigenvalue weighted by Gasteiger charge is -2.22. The first kappa shape index (κ1) is 25.1. The summed E-state index contributed by atoms with van der Waals surface area (Å²) in [7, 11) is 0. The molecule has 0 radical (unpaired) electrons. The highest BCUT2D eigenvalue weighted by Gasteiger charge is 2.50. The summed E-state index contributed by atoms with van der Waals surface area (Å²) in [6.45, 7) is 1.94. The van der Waals surface area contributed by atoms with Crippen molar-refractivity contribution < 1.29 is 31.9 Å². The average Bonchev–Trinajstić information content (AvgIpc) is 3.56. The summed E-state index contributed by atoms with van der Waals surface area (Å²) in [5.74, 6) is -4.51. The number of nitrogens with zero attached hydrogens (tertiary/aromatic N) is 4. The maximum atomic E-state index is 15.1. The molecule has 13 heteroatoms. The van der Waals surface area contributed by atoms with E-state index in [1.54, 1.807) is 6.92 Å². The molecule has 1 saturated carbocycles. The molecule has 0 unspecified atom stereocenters. The molecule has 3 aromatic heterocycles. The lowest BCUT2D eigenvalue weighted by atomic mass is 10.1. The van der Waals surface area contributed by atoms with Crippen LogP contribution in [0.5, 0.6) is 0 Å². The number of pyridine rings is 3. The van der Waals surface area contributed by atoms with Crippen LogP contribution in [0.4, 0.5) is 27.8 Å². The number of fused-ring (bicyclic) bond motifs is 1. The molecule has 1 amide bonds. The van der Waals surface area contributed by atoms with Crippen molar-refractivity contribution in [3.63, 3.8) is 0 Å². The van der Waals surface area contributed by atoms with Crippen molar-refractivity contribution in [2.75, 3.05) is 18.0 Å². The fraction of sp³-hybridized carbons (Fsp3) is 0.417. The van der Waals surface area contributed by atoms with Gasteiger partial charge in [0.1, 0.15) is 11.6 Å². The number of rotatable bonds is 5. The highest BCUT2D eigenvalue weighted by molar-refractivity contribution is 5.97. The molecule has 2 aliphatic rings. The highest BCUT2D eigenvalue weighted by Crippen LogP contribution is 2.40. The summed E-state index contributed by atoms with van der Waals surface area (Å²) in [6, 6.07) is -0.205. The van der Waals surface area contributed by atoms with Crippen LogP contribution in [0.15, 0.2) is 29.3 Å². The molecule has 8 nitrogen and oxygen atoms in total. The van der Waals surface area contributed by atoms with Gasteiger partial charge in [0.2, 0.25) is 5.43 Å². The predicted octanol–water partition coefficient (Wildman–Crippen LogP) is 3.01. The Balaban J connectivity index is 1.69. The number of hydrogen-bond acceptors (Lipinski definition) is 6. The molecule has 0 bridgehead atoms. The maximum absolute atomic E-state index is 15.1. The Labute approximate surface area is 206 Å².